The van der Waals surface area contributed by atoms with Crippen molar-refractivity contribution in [2.75, 3.05) is 10.6 Å². The molecule has 8 heteroatoms. The van der Waals surface area contributed by atoms with Gasteiger partial charge in [-0.05, 0) is 61.0 Å². The van der Waals surface area contributed by atoms with E-state index in [0.717, 1.165) is 5.56 Å². The molecule has 0 fully saturated rings. The van der Waals surface area contributed by atoms with E-state index < -0.39 is 5.91 Å². The summed E-state index contributed by atoms with van der Waals surface area (Å²) in [5, 5.41) is 5.58. The van der Waals surface area contributed by atoms with Gasteiger partial charge in [0.15, 0.2) is 0 Å². The van der Waals surface area contributed by atoms with Gasteiger partial charge in [-0.2, -0.15) is 0 Å². The van der Waals surface area contributed by atoms with Gasteiger partial charge in [-0.25, -0.2) is 9.37 Å². The SMILES string of the molecule is Cc1cccc(C(=O)Nc2ccc(Oc3ccc(F)cc3)nc2)c1NC(=O)c1ccncc1. The number of carbonyl (C=O) groups excluding carboxylic acids is 2. The van der Waals surface area contributed by atoms with Gasteiger partial charge in [-0.1, -0.05) is 12.1 Å². The first kappa shape index (κ1) is 21.6. The second-order valence-corrected chi connectivity index (χ2v) is 7.08. The maximum atomic E-state index is 13.0. The maximum Gasteiger partial charge on any atom is 0.257 e. The fourth-order valence-corrected chi connectivity index (χ4v) is 3.05. The van der Waals surface area contributed by atoms with Gasteiger partial charge in [-0.15, -0.1) is 0 Å². The summed E-state index contributed by atoms with van der Waals surface area (Å²) in [6.07, 6.45) is 4.50. The average Bonchev–Trinajstić information content (AvgIpc) is 2.83. The normalized spacial score (nSPS) is 10.4. The number of para-hydroxylation sites is 1. The van der Waals surface area contributed by atoms with Crippen LogP contribution in [0.4, 0.5) is 15.8 Å². The number of benzene rings is 2. The Morgan fingerprint density at radius 3 is 2.33 bits per heavy atom. The van der Waals surface area contributed by atoms with Crippen LogP contribution < -0.4 is 15.4 Å². The van der Waals surface area contributed by atoms with Gasteiger partial charge in [0.05, 0.1) is 23.1 Å². The molecule has 0 atom stereocenters. The van der Waals surface area contributed by atoms with Crippen LogP contribution in [0.25, 0.3) is 0 Å². The summed E-state index contributed by atoms with van der Waals surface area (Å²) < 4.78 is 18.6. The van der Waals surface area contributed by atoms with Gasteiger partial charge in [0.2, 0.25) is 5.88 Å². The van der Waals surface area contributed by atoms with Crippen molar-refractivity contribution in [3.8, 4) is 11.6 Å². The molecule has 4 aromatic rings. The highest BCUT2D eigenvalue weighted by Crippen LogP contribution is 2.24. The predicted molar refractivity (Wildman–Crippen MR) is 122 cm³/mol. The molecule has 0 radical (unpaired) electrons. The van der Waals surface area contributed by atoms with E-state index in [1.54, 1.807) is 36.4 Å². The van der Waals surface area contributed by atoms with E-state index in [0.29, 0.717) is 34.1 Å². The maximum absolute atomic E-state index is 13.0. The van der Waals surface area contributed by atoms with E-state index in [9.17, 15) is 14.0 Å². The number of nitrogens with one attached hydrogen (secondary N) is 2. The lowest BCUT2D eigenvalue weighted by Gasteiger charge is -2.14. The standard InChI is InChI=1S/C25H19FN4O3/c1-16-3-2-4-21(23(16)30-24(31)17-11-13-27-14-12-17)25(32)29-19-7-10-22(28-15-19)33-20-8-5-18(26)6-9-20/h2-15H,1H3,(H,29,32)(H,30,31). The Bertz CT molecular complexity index is 1280. The summed E-state index contributed by atoms with van der Waals surface area (Å²) in [6, 6.07) is 17.1. The molecule has 0 saturated carbocycles. The van der Waals surface area contributed by atoms with Crippen molar-refractivity contribution in [1.82, 2.24) is 9.97 Å². The van der Waals surface area contributed by atoms with Crippen molar-refractivity contribution in [2.45, 2.75) is 6.92 Å². The van der Waals surface area contributed by atoms with Crippen molar-refractivity contribution in [3.05, 3.63) is 108 Å². The molecular formula is C25H19FN4O3. The number of nitrogens with zero attached hydrogens (tertiary/aromatic N) is 2. The highest BCUT2D eigenvalue weighted by atomic mass is 19.1. The number of ether oxygens (including phenoxy) is 1. The zero-order chi connectivity index (χ0) is 23.2. The van der Waals surface area contributed by atoms with Crippen LogP contribution in [0.1, 0.15) is 26.3 Å². The zero-order valence-corrected chi connectivity index (χ0v) is 17.6. The third-order valence-electron chi connectivity index (χ3n) is 4.73. The first-order chi connectivity index (χ1) is 16.0. The number of amides is 2. The molecule has 164 valence electrons. The average molecular weight is 442 g/mol. The number of halogens is 1. The molecular weight excluding hydrogens is 423 g/mol. The minimum absolute atomic E-state index is 0.292. The smallest absolute Gasteiger partial charge is 0.257 e. The lowest BCUT2D eigenvalue weighted by Crippen LogP contribution is -2.19. The van der Waals surface area contributed by atoms with Crippen LogP contribution in [0.5, 0.6) is 11.6 Å². The van der Waals surface area contributed by atoms with Gasteiger partial charge in [0.25, 0.3) is 11.8 Å². The number of pyridine rings is 2. The summed E-state index contributed by atoms with van der Waals surface area (Å²) in [6.45, 7) is 1.81. The summed E-state index contributed by atoms with van der Waals surface area (Å²) in [4.78, 5) is 33.6. The number of hydrogen-bond acceptors (Lipinski definition) is 5. The van der Waals surface area contributed by atoms with E-state index >= 15 is 0 Å². The van der Waals surface area contributed by atoms with E-state index in [2.05, 4.69) is 20.6 Å². The molecule has 7 nitrogen and oxygen atoms in total. The van der Waals surface area contributed by atoms with Crippen LogP contribution in [0.2, 0.25) is 0 Å². The van der Waals surface area contributed by atoms with Crippen LogP contribution in [0, 0.1) is 12.7 Å². The van der Waals surface area contributed by atoms with E-state index in [4.69, 9.17) is 4.74 Å². The van der Waals surface area contributed by atoms with E-state index in [-0.39, 0.29) is 11.7 Å². The summed E-state index contributed by atoms with van der Waals surface area (Å²) in [7, 11) is 0. The minimum atomic E-state index is -0.405. The third-order valence-corrected chi connectivity index (χ3v) is 4.73. The quantitative estimate of drug-likeness (QED) is 0.427. The topological polar surface area (TPSA) is 93.2 Å². The molecule has 2 heterocycles. The van der Waals surface area contributed by atoms with Crippen LogP contribution in [0.3, 0.4) is 0 Å². The highest BCUT2D eigenvalue weighted by Gasteiger charge is 2.17. The van der Waals surface area contributed by atoms with Crippen molar-refractivity contribution in [3.63, 3.8) is 0 Å². The van der Waals surface area contributed by atoms with Crippen LogP contribution in [-0.4, -0.2) is 21.8 Å². The Morgan fingerprint density at radius 1 is 0.879 bits per heavy atom. The fourth-order valence-electron chi connectivity index (χ4n) is 3.05. The Hall–Kier alpha value is -4.59. The summed E-state index contributed by atoms with van der Waals surface area (Å²) >= 11 is 0. The molecule has 0 saturated heterocycles. The van der Waals surface area contributed by atoms with Crippen LogP contribution >= 0.6 is 0 Å². The molecule has 0 aliphatic carbocycles. The van der Waals surface area contributed by atoms with Crippen molar-refractivity contribution in [2.24, 2.45) is 0 Å². The van der Waals surface area contributed by atoms with Crippen molar-refractivity contribution < 1.29 is 18.7 Å². The van der Waals surface area contributed by atoms with Crippen molar-refractivity contribution >= 4 is 23.2 Å². The van der Waals surface area contributed by atoms with E-state index in [1.807, 2.05) is 13.0 Å². The molecule has 4 rings (SSSR count). The Balaban J connectivity index is 1.47. The molecule has 0 unspecified atom stereocenters. The number of hydrogen-bond donors (Lipinski definition) is 2. The number of carbonyl (C=O) groups is 2. The summed E-state index contributed by atoms with van der Waals surface area (Å²) in [5.41, 5.74) is 2.34. The first-order valence-corrected chi connectivity index (χ1v) is 10.0. The van der Waals surface area contributed by atoms with Crippen LogP contribution in [0.15, 0.2) is 85.3 Å². The Kier molecular flexibility index (Phi) is 6.36. The third kappa shape index (κ3) is 5.37. The molecule has 0 aliphatic rings. The van der Waals surface area contributed by atoms with Gasteiger partial charge in [-0.3, -0.25) is 14.6 Å². The van der Waals surface area contributed by atoms with Gasteiger partial charge in [0.1, 0.15) is 11.6 Å². The van der Waals surface area contributed by atoms with Gasteiger partial charge in [0, 0.05) is 24.0 Å². The fraction of sp³-hybridized carbons (Fsp3) is 0.0400. The molecule has 0 bridgehead atoms. The number of aromatic nitrogens is 2. The molecule has 33 heavy (non-hydrogen) atoms. The lowest BCUT2D eigenvalue weighted by molar-refractivity contribution is 0.102. The van der Waals surface area contributed by atoms with E-state index in [1.165, 1.54) is 42.9 Å². The Labute approximate surface area is 189 Å². The lowest BCUT2D eigenvalue weighted by atomic mass is 10.1. The first-order valence-electron chi connectivity index (χ1n) is 10.0. The molecule has 0 spiro atoms. The molecule has 0 aliphatic heterocycles. The molecule has 2 aromatic carbocycles. The molecule has 2 amide bonds. The Morgan fingerprint density at radius 2 is 1.64 bits per heavy atom. The monoisotopic (exact) mass is 442 g/mol. The zero-order valence-electron chi connectivity index (χ0n) is 17.6. The molecule has 2 aromatic heterocycles. The second kappa shape index (κ2) is 9.69. The second-order valence-electron chi connectivity index (χ2n) is 7.08. The number of rotatable bonds is 6. The minimum Gasteiger partial charge on any atom is -0.439 e. The number of aryl methyl sites for hydroxylation is 1. The van der Waals surface area contributed by atoms with Crippen molar-refractivity contribution in [1.29, 1.82) is 0 Å². The number of anilines is 2. The van der Waals surface area contributed by atoms with Crippen LogP contribution in [-0.2, 0) is 0 Å². The summed E-state index contributed by atoms with van der Waals surface area (Å²) in [5.74, 6) is -0.376. The highest BCUT2D eigenvalue weighted by molar-refractivity contribution is 6.13. The predicted octanol–water partition coefficient (Wildman–Crippen LogP) is 5.22. The van der Waals surface area contributed by atoms with Gasteiger partial charge < -0.3 is 15.4 Å². The largest absolute Gasteiger partial charge is 0.439 e. The molecule has 2 N–H and O–H groups in total. The van der Waals surface area contributed by atoms with Gasteiger partial charge >= 0.3 is 0 Å².